The Morgan fingerprint density at radius 2 is 1.79 bits per heavy atom. The zero-order valence-corrected chi connectivity index (χ0v) is 23.5. The van der Waals surface area contributed by atoms with Crippen LogP contribution < -0.4 is 15.0 Å². The number of benzene rings is 1. The molecule has 2 heterocycles. The SMILES string of the molecule is CC.Cc1ccc(NC(=O)N(c2ccccc2C(C)C)C2CCN(C(=O)OC(C)(C)C)C2)c(OC(F)F)n1. The van der Waals surface area contributed by atoms with E-state index in [9.17, 15) is 18.4 Å². The lowest BCUT2D eigenvalue weighted by Gasteiger charge is -2.32. The van der Waals surface area contributed by atoms with Crippen LogP contribution in [0.4, 0.5) is 29.7 Å². The van der Waals surface area contributed by atoms with Gasteiger partial charge >= 0.3 is 18.7 Å². The second-order valence-corrected chi connectivity index (χ2v) is 10.1. The molecule has 1 unspecified atom stereocenters. The van der Waals surface area contributed by atoms with Crippen LogP contribution in [0.1, 0.15) is 72.1 Å². The van der Waals surface area contributed by atoms with Gasteiger partial charge in [0, 0.05) is 24.5 Å². The molecule has 10 heteroatoms. The van der Waals surface area contributed by atoms with E-state index < -0.39 is 24.3 Å². The van der Waals surface area contributed by atoms with E-state index in [1.165, 1.54) is 6.07 Å². The number of carbonyl (C=O) groups excluding carboxylic acids is 2. The molecule has 210 valence electrons. The highest BCUT2D eigenvalue weighted by molar-refractivity contribution is 6.03. The monoisotopic (exact) mass is 534 g/mol. The summed E-state index contributed by atoms with van der Waals surface area (Å²) in [6.45, 7) is 12.7. The van der Waals surface area contributed by atoms with Crippen LogP contribution in [0.25, 0.3) is 0 Å². The number of hydrogen-bond donors (Lipinski definition) is 1. The molecule has 1 saturated heterocycles. The molecular formula is C28H40F2N4O4. The maximum atomic E-state index is 13.7. The van der Waals surface area contributed by atoms with Gasteiger partial charge in [-0.2, -0.15) is 8.78 Å². The number of likely N-dealkylation sites (tertiary alicyclic amines) is 1. The van der Waals surface area contributed by atoms with Gasteiger partial charge in [0.1, 0.15) is 11.3 Å². The molecule has 0 aliphatic carbocycles. The highest BCUT2D eigenvalue weighted by Crippen LogP contribution is 2.33. The van der Waals surface area contributed by atoms with E-state index >= 15 is 0 Å². The third-order valence-corrected chi connectivity index (χ3v) is 5.66. The van der Waals surface area contributed by atoms with E-state index in [0.717, 1.165) is 5.56 Å². The van der Waals surface area contributed by atoms with E-state index in [4.69, 9.17) is 4.74 Å². The molecule has 0 bridgehead atoms. The van der Waals surface area contributed by atoms with Crippen LogP contribution in [0, 0.1) is 6.92 Å². The molecule has 0 spiro atoms. The smallest absolute Gasteiger partial charge is 0.410 e. The van der Waals surface area contributed by atoms with Crippen molar-refractivity contribution >= 4 is 23.5 Å². The molecule has 1 fully saturated rings. The van der Waals surface area contributed by atoms with E-state index in [2.05, 4.69) is 15.0 Å². The topological polar surface area (TPSA) is 84.0 Å². The first-order valence-electron chi connectivity index (χ1n) is 12.9. The van der Waals surface area contributed by atoms with Gasteiger partial charge in [0.15, 0.2) is 0 Å². The number of carbonyl (C=O) groups is 2. The maximum absolute atomic E-state index is 13.7. The lowest BCUT2D eigenvalue weighted by molar-refractivity contribution is -0.0523. The van der Waals surface area contributed by atoms with Gasteiger partial charge < -0.3 is 19.7 Å². The number of rotatable bonds is 6. The van der Waals surface area contributed by atoms with Crippen molar-refractivity contribution in [3.8, 4) is 5.88 Å². The number of halogens is 2. The minimum absolute atomic E-state index is 0.0277. The highest BCUT2D eigenvalue weighted by Gasteiger charge is 2.37. The number of amides is 3. The Hall–Kier alpha value is -3.43. The van der Waals surface area contributed by atoms with Gasteiger partial charge in [-0.3, -0.25) is 4.90 Å². The maximum Gasteiger partial charge on any atom is 0.410 e. The van der Waals surface area contributed by atoms with E-state index in [1.54, 1.807) is 43.6 Å². The molecule has 0 radical (unpaired) electrons. The number of hydrogen-bond acceptors (Lipinski definition) is 5. The van der Waals surface area contributed by atoms with Crippen LogP contribution in [0.3, 0.4) is 0 Å². The van der Waals surface area contributed by atoms with Gasteiger partial charge in [-0.05, 0) is 63.8 Å². The Bertz CT molecular complexity index is 1090. The Morgan fingerprint density at radius 3 is 2.39 bits per heavy atom. The summed E-state index contributed by atoms with van der Waals surface area (Å²) in [6.07, 6.45) is 0.0730. The predicted molar refractivity (Wildman–Crippen MR) is 145 cm³/mol. The number of para-hydroxylation sites is 1. The van der Waals surface area contributed by atoms with Gasteiger partial charge in [-0.1, -0.05) is 45.9 Å². The molecular weight excluding hydrogens is 494 g/mol. The van der Waals surface area contributed by atoms with E-state index in [1.807, 2.05) is 52.0 Å². The Balaban J connectivity index is 0.00000247. The van der Waals surface area contributed by atoms with Crippen molar-refractivity contribution < 1.29 is 27.8 Å². The van der Waals surface area contributed by atoms with Crippen molar-refractivity contribution in [1.29, 1.82) is 0 Å². The number of pyridine rings is 1. The molecule has 1 aliphatic rings. The molecule has 3 rings (SSSR count). The fourth-order valence-electron chi connectivity index (χ4n) is 4.09. The standard InChI is InChI=1S/C26H34F2N4O4.C2H6/c1-16(2)19-9-7-8-10-21(19)32(18-13-14-31(15-18)25(34)36-26(4,5)6)24(33)30-20-12-11-17(3)29-22(20)35-23(27)28;1-2/h7-12,16,18,23H,13-15H2,1-6H3,(H,30,33);1-2H3. The lowest BCUT2D eigenvalue weighted by Crippen LogP contribution is -2.46. The number of nitrogens with one attached hydrogen (secondary N) is 1. The number of urea groups is 1. The number of aryl methyl sites for hydroxylation is 1. The summed E-state index contributed by atoms with van der Waals surface area (Å²) in [5.74, 6) is -0.254. The summed E-state index contributed by atoms with van der Waals surface area (Å²) in [4.78, 5) is 33.6. The van der Waals surface area contributed by atoms with Crippen LogP contribution >= 0.6 is 0 Å². The molecule has 1 atom stereocenters. The number of alkyl halides is 2. The van der Waals surface area contributed by atoms with Crippen LogP contribution in [0.15, 0.2) is 36.4 Å². The summed E-state index contributed by atoms with van der Waals surface area (Å²) < 4.78 is 36.0. The van der Waals surface area contributed by atoms with Gasteiger partial charge in [0.25, 0.3) is 0 Å². The molecule has 38 heavy (non-hydrogen) atoms. The molecule has 0 saturated carbocycles. The summed E-state index contributed by atoms with van der Waals surface area (Å²) in [5.41, 5.74) is 1.47. The Kier molecular flexibility index (Phi) is 10.9. The number of nitrogens with zero attached hydrogens (tertiary/aromatic N) is 3. The third-order valence-electron chi connectivity index (χ3n) is 5.66. The quantitative estimate of drug-likeness (QED) is 0.424. The third kappa shape index (κ3) is 8.29. The van der Waals surface area contributed by atoms with Gasteiger partial charge in [0.2, 0.25) is 5.88 Å². The fourth-order valence-corrected chi connectivity index (χ4v) is 4.09. The molecule has 2 aromatic rings. The average molecular weight is 535 g/mol. The fraction of sp³-hybridized carbons (Fsp3) is 0.536. The number of anilines is 2. The zero-order valence-electron chi connectivity index (χ0n) is 23.5. The Morgan fingerprint density at radius 1 is 1.13 bits per heavy atom. The van der Waals surface area contributed by atoms with Crippen molar-refractivity contribution in [1.82, 2.24) is 9.88 Å². The van der Waals surface area contributed by atoms with Crippen LogP contribution in [0.5, 0.6) is 5.88 Å². The molecule has 1 aromatic heterocycles. The second-order valence-electron chi connectivity index (χ2n) is 10.1. The summed E-state index contributed by atoms with van der Waals surface area (Å²) in [7, 11) is 0. The Labute approximate surface area is 224 Å². The van der Waals surface area contributed by atoms with Crippen molar-refractivity contribution in [3.05, 3.63) is 47.7 Å². The predicted octanol–water partition coefficient (Wildman–Crippen LogP) is 7.19. The minimum Gasteiger partial charge on any atom is -0.444 e. The first-order chi connectivity index (χ1) is 17.9. The minimum atomic E-state index is -3.09. The van der Waals surface area contributed by atoms with Crippen molar-refractivity contribution in [2.75, 3.05) is 23.3 Å². The van der Waals surface area contributed by atoms with Crippen LogP contribution in [-0.2, 0) is 4.74 Å². The van der Waals surface area contributed by atoms with Crippen LogP contribution in [-0.4, -0.2) is 53.4 Å². The molecule has 1 aliphatic heterocycles. The molecule has 1 N–H and O–H groups in total. The van der Waals surface area contributed by atoms with Gasteiger partial charge in [-0.25, -0.2) is 14.6 Å². The summed E-state index contributed by atoms with van der Waals surface area (Å²) in [6, 6.07) is 9.69. The van der Waals surface area contributed by atoms with Gasteiger partial charge in [0.05, 0.1) is 6.04 Å². The van der Waals surface area contributed by atoms with Crippen molar-refractivity contribution in [3.63, 3.8) is 0 Å². The summed E-state index contributed by atoms with van der Waals surface area (Å²) in [5, 5.41) is 2.70. The molecule has 1 aromatic carbocycles. The van der Waals surface area contributed by atoms with Crippen LogP contribution in [0.2, 0.25) is 0 Å². The lowest BCUT2D eigenvalue weighted by atomic mass is 9.99. The second kappa shape index (κ2) is 13.4. The highest BCUT2D eigenvalue weighted by atomic mass is 19.3. The molecule has 8 nitrogen and oxygen atoms in total. The number of aromatic nitrogens is 1. The van der Waals surface area contributed by atoms with Gasteiger partial charge in [-0.15, -0.1) is 0 Å². The zero-order chi connectivity index (χ0) is 28.6. The van der Waals surface area contributed by atoms with E-state index in [0.29, 0.717) is 24.3 Å². The van der Waals surface area contributed by atoms with Crippen molar-refractivity contribution in [2.24, 2.45) is 0 Å². The first-order valence-corrected chi connectivity index (χ1v) is 12.9. The normalized spacial score (nSPS) is 15.2. The average Bonchev–Trinajstić information content (AvgIpc) is 3.31. The molecule has 3 amide bonds. The number of ether oxygens (including phenoxy) is 2. The van der Waals surface area contributed by atoms with Crippen molar-refractivity contribution in [2.45, 2.75) is 86.0 Å². The largest absolute Gasteiger partial charge is 0.444 e. The summed E-state index contributed by atoms with van der Waals surface area (Å²) >= 11 is 0. The van der Waals surface area contributed by atoms with E-state index in [-0.39, 0.29) is 30.1 Å². The first kappa shape index (κ1) is 30.8.